The first kappa shape index (κ1) is 13.8. The van der Waals surface area contributed by atoms with Crippen molar-refractivity contribution in [1.29, 1.82) is 0 Å². The van der Waals surface area contributed by atoms with Gasteiger partial charge in [-0.25, -0.2) is 0 Å². The Kier molecular flexibility index (Phi) is 5.79. The van der Waals surface area contributed by atoms with Crippen molar-refractivity contribution < 1.29 is 9.53 Å². The molecule has 0 spiro atoms. The number of ether oxygens (including phenoxy) is 1. The van der Waals surface area contributed by atoms with Crippen LogP contribution in [0.1, 0.15) is 39.5 Å². The molecule has 1 saturated carbocycles. The molecule has 94 valence electrons. The van der Waals surface area contributed by atoms with E-state index in [1.165, 1.54) is 20.0 Å². The second kappa shape index (κ2) is 7.13. The van der Waals surface area contributed by atoms with Gasteiger partial charge >= 0.3 is 5.97 Å². The van der Waals surface area contributed by atoms with Crippen molar-refractivity contribution in [3.8, 4) is 0 Å². The maximum atomic E-state index is 11.6. The van der Waals surface area contributed by atoms with E-state index < -0.39 is 0 Å². The summed E-state index contributed by atoms with van der Waals surface area (Å²) in [6.45, 7) is 3.99. The van der Waals surface area contributed by atoms with E-state index in [4.69, 9.17) is 4.74 Å². The lowest BCUT2D eigenvalue weighted by Gasteiger charge is -2.09. The zero-order valence-electron chi connectivity index (χ0n) is 11.0. The number of rotatable bonds is 6. The first-order valence-electron chi connectivity index (χ1n) is 6.26. The average molecular weight is 234 g/mol. The minimum Gasteiger partial charge on any atom is -0.469 e. The van der Waals surface area contributed by atoms with Crippen LogP contribution in [0, 0.1) is 11.8 Å². The average Bonchev–Trinajstić information content (AvgIpc) is 3.09. The van der Waals surface area contributed by atoms with E-state index in [0.717, 1.165) is 17.9 Å². The van der Waals surface area contributed by atoms with Gasteiger partial charge in [0, 0.05) is 0 Å². The second-order valence-electron chi connectivity index (χ2n) is 4.81. The van der Waals surface area contributed by atoms with Crippen LogP contribution in [0.15, 0.2) is 29.5 Å². The van der Waals surface area contributed by atoms with Crippen molar-refractivity contribution in [2.45, 2.75) is 39.5 Å². The smallest absolute Gasteiger partial charge is 0.309 e. The van der Waals surface area contributed by atoms with Crippen LogP contribution in [0.5, 0.6) is 0 Å². The normalized spacial score (nSPS) is 16.4. The number of hydrogen-bond donors (Lipinski definition) is 0. The summed E-state index contributed by atoms with van der Waals surface area (Å²) in [6, 6.07) is 0. The van der Waals surface area contributed by atoms with Crippen LogP contribution in [0.4, 0.5) is 0 Å². The van der Waals surface area contributed by atoms with Crippen LogP contribution in [0.3, 0.4) is 0 Å². The minimum absolute atomic E-state index is 0.0677. The van der Waals surface area contributed by atoms with Crippen molar-refractivity contribution in [3.63, 3.8) is 0 Å². The summed E-state index contributed by atoms with van der Waals surface area (Å²) in [4.78, 5) is 11.6. The van der Waals surface area contributed by atoms with E-state index in [1.54, 1.807) is 0 Å². The van der Waals surface area contributed by atoms with Gasteiger partial charge in [-0.1, -0.05) is 12.2 Å². The quantitative estimate of drug-likeness (QED) is 0.398. The Labute approximate surface area is 104 Å². The van der Waals surface area contributed by atoms with Gasteiger partial charge in [0.2, 0.25) is 0 Å². The number of hydrogen-bond acceptors (Lipinski definition) is 2. The van der Waals surface area contributed by atoms with Gasteiger partial charge in [0.05, 0.1) is 13.0 Å². The molecular formula is C15H22O2. The van der Waals surface area contributed by atoms with Crippen molar-refractivity contribution >= 4 is 5.97 Å². The third-order valence-electron chi connectivity index (χ3n) is 2.78. The van der Waals surface area contributed by atoms with Crippen molar-refractivity contribution in [3.05, 3.63) is 29.5 Å². The summed E-state index contributed by atoms with van der Waals surface area (Å²) < 4.78 is 4.82. The highest BCUT2D eigenvalue weighted by molar-refractivity contribution is 5.72. The summed E-state index contributed by atoms with van der Waals surface area (Å²) in [6.07, 6.45) is 10.4. The Balaban J connectivity index is 2.47. The van der Waals surface area contributed by atoms with E-state index >= 15 is 0 Å². The fourth-order valence-electron chi connectivity index (χ4n) is 1.58. The standard InChI is InChI=1S/C15H22O2/c1-12(2)6-4-8-14(15(16)17-3)9-5-7-13-10-11-13/h4-5,7,13-14H,8-11H2,1-3H3/b7-5+. The summed E-state index contributed by atoms with van der Waals surface area (Å²) >= 11 is 0. The van der Waals surface area contributed by atoms with E-state index in [0.29, 0.717) is 6.42 Å². The molecule has 0 aliphatic heterocycles. The Morgan fingerprint density at radius 3 is 2.65 bits per heavy atom. The summed E-state index contributed by atoms with van der Waals surface area (Å²) in [7, 11) is 1.45. The fraction of sp³-hybridized carbons (Fsp3) is 0.600. The van der Waals surface area contributed by atoms with Gasteiger partial charge in [0.15, 0.2) is 0 Å². The largest absolute Gasteiger partial charge is 0.469 e. The van der Waals surface area contributed by atoms with Crippen molar-refractivity contribution in [2.24, 2.45) is 11.8 Å². The summed E-state index contributed by atoms with van der Waals surface area (Å²) in [5.41, 5.74) is 4.25. The summed E-state index contributed by atoms with van der Waals surface area (Å²) in [5, 5.41) is 0. The molecule has 1 aliphatic rings. The molecule has 1 atom stereocenters. The first-order chi connectivity index (χ1) is 8.13. The molecule has 0 saturated heterocycles. The molecule has 2 heteroatoms. The van der Waals surface area contributed by atoms with Crippen LogP contribution < -0.4 is 0 Å². The van der Waals surface area contributed by atoms with Crippen LogP contribution in [0.25, 0.3) is 0 Å². The molecule has 17 heavy (non-hydrogen) atoms. The maximum Gasteiger partial charge on any atom is 0.309 e. The molecule has 0 N–H and O–H groups in total. The fourth-order valence-corrected chi connectivity index (χ4v) is 1.58. The van der Waals surface area contributed by atoms with Gasteiger partial charge in [-0.2, -0.15) is 0 Å². The molecule has 1 rings (SSSR count). The van der Waals surface area contributed by atoms with E-state index in [9.17, 15) is 4.79 Å². The Hall–Kier alpha value is -1.27. The Bertz CT molecular complexity index is 338. The number of esters is 1. The molecule has 1 unspecified atom stereocenters. The Morgan fingerprint density at radius 1 is 1.41 bits per heavy atom. The molecule has 2 nitrogen and oxygen atoms in total. The van der Waals surface area contributed by atoms with Crippen molar-refractivity contribution in [1.82, 2.24) is 0 Å². The molecule has 0 amide bonds. The van der Waals surface area contributed by atoms with Crippen molar-refractivity contribution in [2.75, 3.05) is 7.11 Å². The van der Waals surface area contributed by atoms with Gasteiger partial charge in [-0.05, 0) is 57.1 Å². The highest BCUT2D eigenvalue weighted by Crippen LogP contribution is 2.30. The molecular weight excluding hydrogens is 212 g/mol. The van der Waals surface area contributed by atoms with Gasteiger partial charge in [0.25, 0.3) is 0 Å². The molecule has 0 aromatic rings. The number of carbonyl (C=O) groups is 1. The molecule has 0 aromatic heterocycles. The minimum atomic E-state index is -0.128. The highest BCUT2D eigenvalue weighted by atomic mass is 16.5. The number of methoxy groups -OCH3 is 1. The molecule has 0 bridgehead atoms. The third-order valence-corrected chi connectivity index (χ3v) is 2.78. The number of carbonyl (C=O) groups excluding carboxylic acids is 1. The molecule has 1 fully saturated rings. The zero-order valence-corrected chi connectivity index (χ0v) is 11.0. The van der Waals surface area contributed by atoms with E-state index in [2.05, 4.69) is 17.9 Å². The molecule has 0 aromatic carbocycles. The SMILES string of the molecule is COC(=O)C(CC=C=C(C)C)C/C=C/C1CC1. The molecule has 0 heterocycles. The molecule has 1 aliphatic carbocycles. The second-order valence-corrected chi connectivity index (χ2v) is 4.81. The Morgan fingerprint density at radius 2 is 2.12 bits per heavy atom. The predicted molar refractivity (Wildman–Crippen MR) is 69.5 cm³/mol. The maximum absolute atomic E-state index is 11.6. The van der Waals surface area contributed by atoms with E-state index in [1.807, 2.05) is 19.9 Å². The lowest BCUT2D eigenvalue weighted by molar-refractivity contribution is -0.145. The topological polar surface area (TPSA) is 26.3 Å². The highest BCUT2D eigenvalue weighted by Gasteiger charge is 2.19. The third kappa shape index (κ3) is 6.13. The van der Waals surface area contributed by atoms with Crippen LogP contribution in [0.2, 0.25) is 0 Å². The lowest BCUT2D eigenvalue weighted by Crippen LogP contribution is -2.14. The van der Waals surface area contributed by atoms with E-state index in [-0.39, 0.29) is 11.9 Å². The van der Waals surface area contributed by atoms with Gasteiger partial charge < -0.3 is 4.74 Å². The monoisotopic (exact) mass is 234 g/mol. The first-order valence-corrected chi connectivity index (χ1v) is 6.26. The summed E-state index contributed by atoms with van der Waals surface area (Å²) in [5.74, 6) is 0.570. The van der Waals surface area contributed by atoms with Gasteiger partial charge in [0.1, 0.15) is 0 Å². The predicted octanol–water partition coefficient (Wildman–Crippen LogP) is 3.64. The van der Waals surface area contributed by atoms with Crippen LogP contribution >= 0.6 is 0 Å². The molecule has 0 radical (unpaired) electrons. The van der Waals surface area contributed by atoms with Gasteiger partial charge in [-0.3, -0.25) is 4.79 Å². The number of allylic oxidation sites excluding steroid dienone is 3. The zero-order chi connectivity index (χ0) is 12.7. The lowest BCUT2D eigenvalue weighted by atomic mass is 10.0. The van der Waals surface area contributed by atoms with Crippen LogP contribution in [-0.4, -0.2) is 13.1 Å². The van der Waals surface area contributed by atoms with Crippen LogP contribution in [-0.2, 0) is 9.53 Å². The van der Waals surface area contributed by atoms with Gasteiger partial charge in [-0.15, -0.1) is 5.73 Å².